The van der Waals surface area contributed by atoms with E-state index in [9.17, 15) is 9.59 Å². The molecule has 6 nitrogen and oxygen atoms in total. The van der Waals surface area contributed by atoms with Gasteiger partial charge in [0, 0.05) is 43.7 Å². The number of fused-ring (bicyclic) bond motifs is 1. The van der Waals surface area contributed by atoms with Crippen LogP contribution in [0.25, 0.3) is 11.2 Å². The van der Waals surface area contributed by atoms with E-state index in [0.717, 1.165) is 4.57 Å². The Morgan fingerprint density at radius 2 is 2.00 bits per heavy atom. The quantitative estimate of drug-likeness (QED) is 0.534. The maximum absolute atomic E-state index is 11.5. The van der Waals surface area contributed by atoms with E-state index in [4.69, 9.17) is 0 Å². The number of nitrogens with zero attached hydrogens (tertiary/aromatic N) is 3. The van der Waals surface area contributed by atoms with Crippen molar-refractivity contribution in [2.24, 2.45) is 14.1 Å². The second kappa shape index (κ2) is 3.72. The first-order valence-electron chi connectivity index (χ1n) is 3.71. The van der Waals surface area contributed by atoms with Gasteiger partial charge in [0.2, 0.25) is 0 Å². The Labute approximate surface area is 101 Å². The van der Waals surface area contributed by atoms with Crippen LogP contribution < -0.4 is 11.2 Å². The average molecular weight is 203 g/mol. The van der Waals surface area contributed by atoms with Crippen molar-refractivity contribution in [2.75, 3.05) is 0 Å². The molecule has 69 valence electrons. The van der Waals surface area contributed by atoms with E-state index in [1.165, 1.54) is 13.4 Å². The average Bonchev–Trinajstić information content (AvgIpc) is 2.43. The molecule has 2 aromatic heterocycles. The zero-order valence-corrected chi connectivity index (χ0v) is 10.2. The van der Waals surface area contributed by atoms with Gasteiger partial charge in [0.15, 0.2) is 11.2 Å². The van der Waals surface area contributed by atoms with Gasteiger partial charge in [0.1, 0.15) is 0 Å². The van der Waals surface area contributed by atoms with E-state index in [2.05, 4.69) is 9.97 Å². The molecule has 0 saturated carbocycles. The number of aromatic amines is 1. The van der Waals surface area contributed by atoms with Gasteiger partial charge in [-0.15, -0.1) is 0 Å². The van der Waals surface area contributed by atoms with Crippen LogP contribution in [0.3, 0.4) is 0 Å². The summed E-state index contributed by atoms with van der Waals surface area (Å²) in [6.07, 6.45) is 1.49. The van der Waals surface area contributed by atoms with Crippen LogP contribution in [-0.4, -0.2) is 48.7 Å². The Bertz CT molecular complexity index is 579. The Morgan fingerprint density at radius 3 is 2.64 bits per heavy atom. The van der Waals surface area contributed by atoms with Gasteiger partial charge in [-0.1, -0.05) is 0 Å². The van der Waals surface area contributed by atoms with Gasteiger partial charge in [-0.05, 0) is 0 Å². The third-order valence-corrected chi connectivity index (χ3v) is 1.97. The maximum Gasteiger partial charge on any atom is 0.329 e. The molecule has 2 rings (SSSR count). The van der Waals surface area contributed by atoms with E-state index in [-0.39, 0.29) is 35.1 Å². The first-order chi connectivity index (χ1) is 6.11. The number of rotatable bonds is 0. The molecule has 0 fully saturated rings. The van der Waals surface area contributed by atoms with Crippen LogP contribution in [0, 0.1) is 0 Å². The summed E-state index contributed by atoms with van der Waals surface area (Å²) in [5.41, 5.74) is -0.0485. The Morgan fingerprint density at radius 1 is 1.36 bits per heavy atom. The van der Waals surface area contributed by atoms with Gasteiger partial charge in [0.25, 0.3) is 5.56 Å². The van der Waals surface area contributed by atoms with Gasteiger partial charge in [-0.2, -0.15) is 0 Å². The molecule has 0 aliphatic heterocycles. The molecule has 0 atom stereocenters. The molecular weight excluding hydrogens is 195 g/mol. The summed E-state index contributed by atoms with van der Waals surface area (Å²) in [6.45, 7) is 0. The fourth-order valence-electron chi connectivity index (χ4n) is 1.21. The van der Waals surface area contributed by atoms with Crippen molar-refractivity contribution in [1.29, 1.82) is 0 Å². The molecule has 2 heterocycles. The van der Waals surface area contributed by atoms with Crippen LogP contribution in [0.2, 0.25) is 0 Å². The summed E-state index contributed by atoms with van der Waals surface area (Å²) in [6, 6.07) is 0. The molecule has 0 aliphatic carbocycles. The van der Waals surface area contributed by atoms with Gasteiger partial charge >= 0.3 is 5.69 Å². The molecule has 0 aliphatic rings. The van der Waals surface area contributed by atoms with E-state index < -0.39 is 5.69 Å². The van der Waals surface area contributed by atoms with Crippen molar-refractivity contribution < 1.29 is 0 Å². The molecule has 14 heavy (non-hydrogen) atoms. The molecule has 0 unspecified atom stereocenters. The third-order valence-electron chi connectivity index (χ3n) is 1.97. The monoisotopic (exact) mass is 203 g/mol. The smallest absolute Gasteiger partial charge is 0.328 e. The van der Waals surface area contributed by atoms with Crippen LogP contribution >= 0.6 is 0 Å². The molecule has 1 N–H and O–H groups in total. The third kappa shape index (κ3) is 1.45. The number of nitrogens with one attached hydrogen (secondary N) is 1. The predicted molar refractivity (Wildman–Crippen MR) is 52.3 cm³/mol. The van der Waals surface area contributed by atoms with Crippen molar-refractivity contribution in [1.82, 2.24) is 19.1 Å². The summed E-state index contributed by atoms with van der Waals surface area (Å²) in [5, 5.41) is 0. The zero-order chi connectivity index (χ0) is 9.59. The summed E-state index contributed by atoms with van der Waals surface area (Å²) < 4.78 is 2.59. The fourth-order valence-corrected chi connectivity index (χ4v) is 1.21. The van der Waals surface area contributed by atoms with Crippen LogP contribution in [0.15, 0.2) is 15.9 Å². The molecule has 0 saturated heterocycles. The topological polar surface area (TPSA) is 72.7 Å². The summed E-state index contributed by atoms with van der Waals surface area (Å²) in [7, 11) is 3.13. The van der Waals surface area contributed by atoms with E-state index >= 15 is 0 Å². The molecule has 0 bridgehead atoms. The minimum absolute atomic E-state index is 0. The summed E-state index contributed by atoms with van der Waals surface area (Å²) >= 11 is 0. The molecule has 7 heteroatoms. The molecular formula is C7H8N4NaO2. The molecule has 0 aromatic carbocycles. The minimum atomic E-state index is -0.448. The normalized spacial score (nSPS) is 10.1. The van der Waals surface area contributed by atoms with Crippen molar-refractivity contribution in [3.63, 3.8) is 0 Å². The van der Waals surface area contributed by atoms with E-state index in [0.29, 0.717) is 11.2 Å². The van der Waals surface area contributed by atoms with Gasteiger partial charge in [-0.3, -0.25) is 14.3 Å². The standard InChI is InChI=1S/C7H8N4O2.Na/c1-10-3-8-5-4(10)6(12)11(2)7(13)9-5;/h3H,1-2H3,(H,9,13);. The number of aryl methyl sites for hydroxylation is 1. The number of hydrogen-bond donors (Lipinski definition) is 1. The second-order valence-electron chi connectivity index (χ2n) is 2.85. The van der Waals surface area contributed by atoms with Crippen molar-refractivity contribution in [3.8, 4) is 0 Å². The van der Waals surface area contributed by atoms with Crippen LogP contribution in [0.4, 0.5) is 0 Å². The zero-order valence-electron chi connectivity index (χ0n) is 8.24. The van der Waals surface area contributed by atoms with Crippen LogP contribution in [-0.2, 0) is 14.1 Å². The number of aromatic nitrogens is 4. The maximum atomic E-state index is 11.5. The SMILES string of the molecule is Cn1c(=O)[nH]c2ncn(C)c2c1=O.[Na]. The Hall–Kier alpha value is -0.850. The molecule has 2 aromatic rings. The number of imidazole rings is 1. The van der Waals surface area contributed by atoms with Gasteiger partial charge in [-0.25, -0.2) is 9.78 Å². The Balaban J connectivity index is 0.000000980. The first-order valence-corrected chi connectivity index (χ1v) is 3.71. The molecule has 0 amide bonds. The minimum Gasteiger partial charge on any atom is -0.328 e. The van der Waals surface area contributed by atoms with Crippen LogP contribution in [0.5, 0.6) is 0 Å². The summed E-state index contributed by atoms with van der Waals surface area (Å²) in [5.74, 6) is 0. The van der Waals surface area contributed by atoms with Crippen molar-refractivity contribution in [3.05, 3.63) is 27.2 Å². The van der Waals surface area contributed by atoms with E-state index in [1.54, 1.807) is 11.6 Å². The van der Waals surface area contributed by atoms with Gasteiger partial charge < -0.3 is 4.57 Å². The largest absolute Gasteiger partial charge is 0.329 e. The number of hydrogen-bond acceptors (Lipinski definition) is 3. The number of H-pyrrole nitrogens is 1. The van der Waals surface area contributed by atoms with Gasteiger partial charge in [0.05, 0.1) is 6.33 Å². The molecule has 1 radical (unpaired) electrons. The predicted octanol–water partition coefficient (Wildman–Crippen LogP) is -1.42. The first kappa shape index (κ1) is 11.2. The second-order valence-corrected chi connectivity index (χ2v) is 2.85. The fraction of sp³-hybridized carbons (Fsp3) is 0.286. The summed E-state index contributed by atoms with van der Waals surface area (Å²) in [4.78, 5) is 29.0. The Kier molecular flexibility index (Phi) is 2.98. The van der Waals surface area contributed by atoms with Crippen molar-refractivity contribution >= 4 is 40.7 Å². The molecule has 0 spiro atoms. The van der Waals surface area contributed by atoms with Crippen molar-refractivity contribution in [2.45, 2.75) is 0 Å². The van der Waals surface area contributed by atoms with E-state index in [1.807, 2.05) is 0 Å². The van der Waals surface area contributed by atoms with Crippen LogP contribution in [0.1, 0.15) is 0 Å².